The summed E-state index contributed by atoms with van der Waals surface area (Å²) in [4.78, 5) is 102. The first-order valence-corrected chi connectivity index (χ1v) is 29.3. The number of pyridine rings is 7. The van der Waals surface area contributed by atoms with E-state index in [4.69, 9.17) is 39.4 Å². The molecule has 89 heavy (non-hydrogen) atoms. The molecule has 0 bridgehead atoms. The van der Waals surface area contributed by atoms with Crippen LogP contribution in [0.15, 0.2) is 103 Å². The summed E-state index contributed by atoms with van der Waals surface area (Å²) >= 11 is 25.1. The molecule has 0 aliphatic heterocycles. The SMILES string of the molecule is COC(=O)c1nc(Br)cc(Br)c1O.COC(=O)c1nc(Br)cc(Br)c1OC.COC(=O)c1nc(Br)cc(C)c1OC.COC(=O)c1ncccc1O.COc1c(Br)cc(Br)nc1C(=O)[O-].COc1c(C)cc(Br)nc1C(=O)O.O=C(O)c1ncccc1O.[Li+]. The van der Waals surface area contributed by atoms with Gasteiger partial charge < -0.3 is 73.3 Å². The van der Waals surface area contributed by atoms with Crippen LogP contribution in [-0.2, 0) is 18.9 Å². The van der Waals surface area contributed by atoms with Crippen LogP contribution >= 0.6 is 127 Å². The summed E-state index contributed by atoms with van der Waals surface area (Å²) in [5.74, 6) is -5.50. The number of esters is 4. The Morgan fingerprint density at radius 2 is 0.697 bits per heavy atom. The van der Waals surface area contributed by atoms with Gasteiger partial charge in [-0.05, 0) is 207 Å². The van der Waals surface area contributed by atoms with Crippen LogP contribution in [0, 0.1) is 13.8 Å². The van der Waals surface area contributed by atoms with Crippen molar-refractivity contribution in [3.8, 4) is 40.2 Å². The fourth-order valence-electron chi connectivity index (χ4n) is 5.77. The summed E-state index contributed by atoms with van der Waals surface area (Å²) < 4.78 is 41.8. The summed E-state index contributed by atoms with van der Waals surface area (Å²) in [7, 11) is 10.8. The summed E-state index contributed by atoms with van der Waals surface area (Å²) in [5, 5.41) is 55.0. The summed E-state index contributed by atoms with van der Waals surface area (Å²) in [6.45, 7) is 3.59. The van der Waals surface area contributed by atoms with E-state index in [2.05, 4.69) is 181 Å². The van der Waals surface area contributed by atoms with Crippen molar-refractivity contribution in [2.45, 2.75) is 13.8 Å². The van der Waals surface area contributed by atoms with Crippen molar-refractivity contribution in [3.63, 3.8) is 0 Å². The summed E-state index contributed by atoms with van der Waals surface area (Å²) in [6, 6.07) is 13.9. The molecule has 0 spiro atoms. The Hall–Kier alpha value is -6.62. The number of hydrogen-bond donors (Lipinski definition) is 5. The first kappa shape index (κ1) is 82.4. The molecule has 7 rings (SSSR count). The van der Waals surface area contributed by atoms with E-state index in [1.165, 1.54) is 99.6 Å². The van der Waals surface area contributed by atoms with E-state index in [9.17, 15) is 43.8 Å². The number of carbonyl (C=O) groups is 7. The molecule has 0 aliphatic rings. The molecule has 0 aromatic carbocycles. The van der Waals surface area contributed by atoms with Gasteiger partial charge in [-0.2, -0.15) is 0 Å². The predicted octanol–water partition coefficient (Wildman–Crippen LogP) is 7.35. The van der Waals surface area contributed by atoms with E-state index < -0.39 is 41.8 Å². The second-order valence-electron chi connectivity index (χ2n) is 15.1. The van der Waals surface area contributed by atoms with Crippen LogP contribution in [0.5, 0.6) is 40.2 Å². The summed E-state index contributed by atoms with van der Waals surface area (Å²) in [6.07, 6.45) is 2.72. The number of ether oxygens (including phenoxy) is 8. The van der Waals surface area contributed by atoms with E-state index in [-0.39, 0.29) is 81.7 Å². The first-order chi connectivity index (χ1) is 41.3. The molecule has 0 atom stereocenters. The molecule has 0 amide bonds. The molecule has 472 valence electrons. The van der Waals surface area contributed by atoms with Crippen LogP contribution in [0.2, 0.25) is 0 Å². The van der Waals surface area contributed by atoms with Crippen molar-refractivity contribution >= 4 is 169 Å². The van der Waals surface area contributed by atoms with Gasteiger partial charge in [0.15, 0.2) is 62.9 Å². The third-order valence-corrected chi connectivity index (χ3v) is 13.3. The maximum Gasteiger partial charge on any atom is 1.00 e. The number of methoxy groups -OCH3 is 8. The molecule has 28 nitrogen and oxygen atoms in total. The van der Waals surface area contributed by atoms with Crippen molar-refractivity contribution in [2.24, 2.45) is 0 Å². The number of aromatic carboxylic acids is 3. The van der Waals surface area contributed by atoms with Gasteiger partial charge in [-0.25, -0.2) is 63.7 Å². The topological polar surface area (TPSA) is 408 Å². The van der Waals surface area contributed by atoms with E-state index >= 15 is 0 Å². The van der Waals surface area contributed by atoms with Gasteiger partial charge in [-0.3, -0.25) is 0 Å². The van der Waals surface area contributed by atoms with Gasteiger partial charge in [0.25, 0.3) is 0 Å². The average Bonchev–Trinajstić information content (AvgIpc) is 3.54. The maximum atomic E-state index is 11.3. The third kappa shape index (κ3) is 26.4. The average molecular weight is 1750 g/mol. The normalized spacial score (nSPS) is 9.51. The van der Waals surface area contributed by atoms with Gasteiger partial charge in [-0.1, -0.05) is 0 Å². The van der Waals surface area contributed by atoms with E-state index in [0.717, 1.165) is 11.1 Å². The third-order valence-electron chi connectivity index (χ3n) is 9.47. The molecule has 0 fully saturated rings. The Morgan fingerprint density at radius 1 is 0.404 bits per heavy atom. The number of aryl methyl sites for hydroxylation is 2. The molecule has 37 heteroatoms. The molecule has 5 N–H and O–H groups in total. The fraction of sp³-hybridized carbons (Fsp3) is 0.192. The first-order valence-electron chi connectivity index (χ1n) is 22.9. The molecule has 0 radical (unpaired) electrons. The number of aromatic hydroxyl groups is 3. The Kier molecular flexibility index (Phi) is 38.5. The van der Waals surface area contributed by atoms with E-state index in [1.807, 2.05) is 6.92 Å². The number of nitrogens with zero attached hydrogens (tertiary/aromatic N) is 7. The second-order valence-corrected chi connectivity index (χ2v) is 21.8. The van der Waals surface area contributed by atoms with Gasteiger partial charge in [0.05, 0.1) is 76.3 Å². The second kappa shape index (κ2) is 41.6. The van der Waals surface area contributed by atoms with Crippen molar-refractivity contribution in [3.05, 3.63) is 154 Å². The minimum Gasteiger partial charge on any atom is -0.543 e. The molecule has 7 heterocycles. The molecule has 7 aromatic heterocycles. The minimum absolute atomic E-state index is 0. The smallest absolute Gasteiger partial charge is 0.543 e. The van der Waals surface area contributed by atoms with Crippen molar-refractivity contribution in [1.82, 2.24) is 34.9 Å². The molecule has 0 aliphatic carbocycles. The fourth-order valence-corrected chi connectivity index (χ4v) is 10.5. The standard InChI is InChI=1S/C9H10BrNO3.C8H7Br2NO3.C8H8BrNO3.2C7H5Br2NO3.C7H7NO3.C6H5NO3.Li/c1-5-4-6(10)11-7(8(5)13-2)9(12)14-3;1-13-7-4(9)3-5(10)11-6(7)8(12)14-2;1-4-3-5(9)10-6(8(11)12)7(4)13-2;1-13-6-3(8)2-4(9)10-5(6)7(11)12;1-13-7(12)5-6(11)3(8)2-4(9)10-5;1-11-7(10)6-5(9)3-2-4-8-6;8-4-2-1-3-7-5(4)6(9)10;/h4H,1-3H3;3H,1-2H3;3H,1-2H3,(H,11,12);2H,1H3,(H,11,12);2,11H,1H3;2-4,9H,1H3;1-3,8H,(H,9,10);/q;;;;;;;+1/p-1. The van der Waals surface area contributed by atoms with Crippen LogP contribution in [0.3, 0.4) is 0 Å². The van der Waals surface area contributed by atoms with Crippen LogP contribution in [0.25, 0.3) is 0 Å². The van der Waals surface area contributed by atoms with Gasteiger partial charge in [0, 0.05) is 12.4 Å². The van der Waals surface area contributed by atoms with Crippen LogP contribution in [0.4, 0.5) is 0 Å². The van der Waals surface area contributed by atoms with Crippen molar-refractivity contribution < 1.29 is 121 Å². The molecular formula is C52H46Br8LiN7O21. The predicted molar refractivity (Wildman–Crippen MR) is 336 cm³/mol. The number of hydrogen-bond acceptors (Lipinski definition) is 26. The Balaban J connectivity index is 0.00000102. The number of carboxylic acids is 3. The zero-order valence-corrected chi connectivity index (χ0v) is 60.5. The van der Waals surface area contributed by atoms with E-state index in [0.29, 0.717) is 53.7 Å². The van der Waals surface area contributed by atoms with E-state index in [1.54, 1.807) is 31.2 Å². The Bertz CT molecular complexity index is 3500. The van der Waals surface area contributed by atoms with Gasteiger partial charge >= 0.3 is 54.7 Å². The number of halogens is 8. The van der Waals surface area contributed by atoms with Crippen LogP contribution < -0.4 is 42.9 Å². The van der Waals surface area contributed by atoms with Crippen LogP contribution in [0.1, 0.15) is 84.5 Å². The number of carboxylic acid groups (broad SMARTS) is 3. The van der Waals surface area contributed by atoms with Crippen LogP contribution in [-0.4, -0.2) is 159 Å². The largest absolute Gasteiger partial charge is 1.00 e. The van der Waals surface area contributed by atoms with Crippen molar-refractivity contribution in [2.75, 3.05) is 56.9 Å². The van der Waals surface area contributed by atoms with Gasteiger partial charge in [0.2, 0.25) is 0 Å². The zero-order valence-electron chi connectivity index (χ0n) is 47.8. The quantitative estimate of drug-likeness (QED) is 0.0365. The number of rotatable bonds is 11. The maximum absolute atomic E-state index is 11.3. The minimum atomic E-state index is -1.38. The molecule has 0 saturated carbocycles. The molecular weight excluding hydrogens is 1700 g/mol. The molecule has 7 aromatic rings. The van der Waals surface area contributed by atoms with Gasteiger partial charge in [0.1, 0.15) is 40.2 Å². The molecule has 0 unspecified atom stereocenters. The Morgan fingerprint density at radius 3 is 1.04 bits per heavy atom. The summed E-state index contributed by atoms with van der Waals surface area (Å²) in [5.41, 5.74) is 1.08. The molecule has 0 saturated heterocycles. The van der Waals surface area contributed by atoms with Crippen molar-refractivity contribution in [1.29, 1.82) is 0 Å². The number of aromatic nitrogens is 7. The van der Waals surface area contributed by atoms with Gasteiger partial charge in [-0.15, -0.1) is 0 Å². The number of carbonyl (C=O) groups excluding carboxylic acids is 5. The Labute approximate surface area is 585 Å². The monoisotopic (exact) mass is 1740 g/mol. The zero-order chi connectivity index (χ0) is 67.3.